The average Bonchev–Trinajstić information content (AvgIpc) is 3.83. The fraction of sp³-hybridized carbons (Fsp3) is 0.700. The van der Waals surface area contributed by atoms with Gasteiger partial charge in [-0.1, -0.05) is 107 Å². The summed E-state index contributed by atoms with van der Waals surface area (Å²) < 4.78 is 35.9. The van der Waals surface area contributed by atoms with Crippen molar-refractivity contribution in [1.29, 1.82) is 0 Å². The van der Waals surface area contributed by atoms with Crippen molar-refractivity contribution in [2.45, 2.75) is 156 Å². The summed E-state index contributed by atoms with van der Waals surface area (Å²) in [6, 6.07) is 9.43. The van der Waals surface area contributed by atoms with Gasteiger partial charge in [0.15, 0.2) is 12.6 Å². The Balaban J connectivity index is 1.67. The SMILES string of the molecule is CC(OCC1CO1)Oc1c(C(C)(C)C)cc(CCc2cc(C(C)(C)C)c(OC(C)OCC3CO3)c(C(C)(C)C)c2)cc1C(C)(C)C. The van der Waals surface area contributed by atoms with Gasteiger partial charge in [-0.3, -0.25) is 0 Å². The summed E-state index contributed by atoms with van der Waals surface area (Å²) in [4.78, 5) is 0. The molecule has 2 saturated heterocycles. The van der Waals surface area contributed by atoms with E-state index in [0.29, 0.717) is 13.2 Å². The standard InChI is InChI=1S/C40H62O6/c1-25(41-21-29-23-43-29)45-35-31(37(3,4)5)17-27(18-32(35)38(6,7)8)15-16-28-19-33(39(9,10)11)36(34(20-28)40(12,13)14)46-26(2)42-22-30-24-44-30/h17-20,25-26,29-30H,15-16,21-24H2,1-14H3. The van der Waals surface area contributed by atoms with Gasteiger partial charge in [0.2, 0.25) is 0 Å². The second-order valence-electron chi connectivity index (χ2n) is 17.5. The Morgan fingerprint density at radius 3 is 1.02 bits per heavy atom. The minimum Gasteiger partial charge on any atom is -0.465 e. The van der Waals surface area contributed by atoms with Crippen molar-refractivity contribution in [3.63, 3.8) is 0 Å². The molecule has 2 aliphatic rings. The maximum Gasteiger partial charge on any atom is 0.197 e. The molecule has 258 valence electrons. The summed E-state index contributed by atoms with van der Waals surface area (Å²) in [6.07, 6.45) is 1.53. The van der Waals surface area contributed by atoms with Crippen LogP contribution < -0.4 is 9.47 Å². The van der Waals surface area contributed by atoms with Gasteiger partial charge in [-0.05, 0) is 59.5 Å². The average molecular weight is 639 g/mol. The Morgan fingerprint density at radius 1 is 0.543 bits per heavy atom. The molecule has 2 fully saturated rings. The smallest absolute Gasteiger partial charge is 0.197 e. The molecule has 2 heterocycles. The van der Waals surface area contributed by atoms with Crippen molar-refractivity contribution in [3.05, 3.63) is 57.6 Å². The van der Waals surface area contributed by atoms with E-state index in [-0.39, 0.29) is 46.4 Å². The van der Waals surface area contributed by atoms with Crippen molar-refractivity contribution in [2.75, 3.05) is 26.4 Å². The molecule has 6 heteroatoms. The summed E-state index contributed by atoms with van der Waals surface area (Å²) in [5.41, 5.74) is 7.09. The van der Waals surface area contributed by atoms with Crippen LogP contribution in [-0.2, 0) is 53.4 Å². The maximum atomic E-state index is 6.60. The molecule has 0 aromatic heterocycles. The topological polar surface area (TPSA) is 62.0 Å². The Bertz CT molecular complexity index is 1150. The number of epoxide rings is 2. The van der Waals surface area contributed by atoms with Crippen LogP contribution in [0.3, 0.4) is 0 Å². The molecule has 4 atom stereocenters. The fourth-order valence-electron chi connectivity index (χ4n) is 5.65. The fourth-order valence-corrected chi connectivity index (χ4v) is 5.65. The van der Waals surface area contributed by atoms with Crippen LogP contribution >= 0.6 is 0 Å². The van der Waals surface area contributed by atoms with Crippen LogP contribution in [-0.4, -0.2) is 51.2 Å². The molecule has 4 rings (SSSR count). The summed E-state index contributed by atoms with van der Waals surface area (Å²) in [7, 11) is 0. The number of hydrogen-bond donors (Lipinski definition) is 0. The first kappa shape index (κ1) is 36.7. The maximum absolute atomic E-state index is 6.60. The molecule has 0 radical (unpaired) electrons. The first-order chi connectivity index (χ1) is 21.1. The van der Waals surface area contributed by atoms with Gasteiger partial charge in [0.05, 0.1) is 26.4 Å². The number of ether oxygens (including phenoxy) is 6. The van der Waals surface area contributed by atoms with E-state index < -0.39 is 0 Å². The molecule has 2 aromatic carbocycles. The molecule has 0 saturated carbocycles. The number of hydrogen-bond acceptors (Lipinski definition) is 6. The van der Waals surface area contributed by atoms with E-state index in [4.69, 9.17) is 28.4 Å². The van der Waals surface area contributed by atoms with Crippen LogP contribution in [0.4, 0.5) is 0 Å². The Morgan fingerprint density at radius 2 is 0.804 bits per heavy atom. The van der Waals surface area contributed by atoms with E-state index in [0.717, 1.165) is 37.6 Å². The van der Waals surface area contributed by atoms with Crippen molar-refractivity contribution in [2.24, 2.45) is 0 Å². The molecular weight excluding hydrogens is 576 g/mol. The number of rotatable bonds is 13. The van der Waals surface area contributed by atoms with Gasteiger partial charge in [-0.2, -0.15) is 0 Å². The van der Waals surface area contributed by atoms with Gasteiger partial charge in [-0.25, -0.2) is 0 Å². The van der Waals surface area contributed by atoms with Gasteiger partial charge in [-0.15, -0.1) is 0 Å². The number of benzene rings is 2. The van der Waals surface area contributed by atoms with E-state index in [9.17, 15) is 0 Å². The highest BCUT2D eigenvalue weighted by Gasteiger charge is 2.32. The predicted molar refractivity (Wildman–Crippen MR) is 187 cm³/mol. The molecule has 6 nitrogen and oxygen atoms in total. The third-order valence-corrected chi connectivity index (χ3v) is 8.64. The van der Waals surface area contributed by atoms with Crippen molar-refractivity contribution < 1.29 is 28.4 Å². The van der Waals surface area contributed by atoms with Crippen molar-refractivity contribution in [1.82, 2.24) is 0 Å². The highest BCUT2D eigenvalue weighted by atomic mass is 16.7. The normalized spacial score (nSPS) is 20.0. The lowest BCUT2D eigenvalue weighted by molar-refractivity contribution is -0.0726. The van der Waals surface area contributed by atoms with E-state index in [1.807, 2.05) is 13.8 Å². The number of aryl methyl sites for hydroxylation is 2. The first-order valence-corrected chi connectivity index (χ1v) is 17.3. The Kier molecular flexibility index (Phi) is 11.0. The molecule has 0 aliphatic carbocycles. The van der Waals surface area contributed by atoms with Gasteiger partial charge >= 0.3 is 0 Å². The third kappa shape index (κ3) is 10.2. The molecule has 0 spiro atoms. The zero-order chi connectivity index (χ0) is 34.2. The molecular formula is C40H62O6. The van der Waals surface area contributed by atoms with Crippen LogP contribution in [0.5, 0.6) is 11.5 Å². The van der Waals surface area contributed by atoms with Crippen LogP contribution in [0.25, 0.3) is 0 Å². The molecule has 4 unspecified atom stereocenters. The first-order valence-electron chi connectivity index (χ1n) is 17.3. The quantitative estimate of drug-likeness (QED) is 0.161. The van der Waals surface area contributed by atoms with E-state index >= 15 is 0 Å². The van der Waals surface area contributed by atoms with Gasteiger partial charge in [0.25, 0.3) is 0 Å². The molecule has 2 aliphatic heterocycles. The van der Waals surface area contributed by atoms with Crippen LogP contribution in [0.15, 0.2) is 24.3 Å². The summed E-state index contributed by atoms with van der Waals surface area (Å²) in [5, 5.41) is 0. The van der Waals surface area contributed by atoms with E-state index in [1.54, 1.807) is 0 Å². The molecule has 2 aromatic rings. The van der Waals surface area contributed by atoms with E-state index in [2.05, 4.69) is 107 Å². The summed E-state index contributed by atoms with van der Waals surface area (Å²) >= 11 is 0. The zero-order valence-electron chi connectivity index (χ0n) is 31.3. The molecule has 0 N–H and O–H groups in total. The third-order valence-electron chi connectivity index (χ3n) is 8.64. The lowest BCUT2D eigenvalue weighted by Gasteiger charge is -2.32. The summed E-state index contributed by atoms with van der Waals surface area (Å²) in [6.45, 7) is 33.8. The second-order valence-corrected chi connectivity index (χ2v) is 17.5. The van der Waals surface area contributed by atoms with Gasteiger partial charge < -0.3 is 28.4 Å². The largest absolute Gasteiger partial charge is 0.465 e. The van der Waals surface area contributed by atoms with Crippen molar-refractivity contribution in [3.8, 4) is 11.5 Å². The van der Waals surface area contributed by atoms with Gasteiger partial charge in [0.1, 0.15) is 23.7 Å². The molecule has 0 bridgehead atoms. The van der Waals surface area contributed by atoms with Crippen LogP contribution in [0.2, 0.25) is 0 Å². The van der Waals surface area contributed by atoms with Gasteiger partial charge in [0, 0.05) is 22.3 Å². The van der Waals surface area contributed by atoms with E-state index in [1.165, 1.54) is 33.4 Å². The Labute approximate surface area is 279 Å². The Hall–Kier alpha value is -2.12. The minimum absolute atomic E-state index is 0.104. The molecule has 0 amide bonds. The predicted octanol–water partition coefficient (Wildman–Crippen LogP) is 8.94. The lowest BCUT2D eigenvalue weighted by atomic mass is 9.77. The minimum atomic E-state index is -0.361. The molecule has 46 heavy (non-hydrogen) atoms. The highest BCUT2D eigenvalue weighted by molar-refractivity contribution is 5.53. The highest BCUT2D eigenvalue weighted by Crippen LogP contribution is 2.43. The second kappa shape index (κ2) is 13.8. The monoisotopic (exact) mass is 638 g/mol. The van der Waals surface area contributed by atoms with Crippen molar-refractivity contribution >= 4 is 0 Å². The summed E-state index contributed by atoms with van der Waals surface area (Å²) in [5.74, 6) is 1.90. The van der Waals surface area contributed by atoms with Crippen LogP contribution in [0.1, 0.15) is 130 Å². The van der Waals surface area contributed by atoms with Crippen LogP contribution in [0, 0.1) is 0 Å². The lowest BCUT2D eigenvalue weighted by Crippen LogP contribution is -2.26. The zero-order valence-corrected chi connectivity index (χ0v) is 31.3.